The molecule has 32 heavy (non-hydrogen) atoms. The Hall–Kier alpha value is -2.90. The third-order valence-corrected chi connectivity index (χ3v) is 7.11. The first-order valence-electron chi connectivity index (χ1n) is 10.1. The molecular formula is C22H21F3N4O2S. The van der Waals surface area contributed by atoms with E-state index in [1.54, 1.807) is 4.72 Å². The zero-order valence-electron chi connectivity index (χ0n) is 17.4. The van der Waals surface area contributed by atoms with Gasteiger partial charge in [0.1, 0.15) is 17.0 Å². The molecule has 0 saturated heterocycles. The molecule has 0 unspecified atom stereocenters. The second-order valence-electron chi connectivity index (χ2n) is 8.17. The molecule has 168 valence electrons. The Morgan fingerprint density at radius 1 is 1.28 bits per heavy atom. The van der Waals surface area contributed by atoms with Crippen LogP contribution in [0.1, 0.15) is 30.9 Å². The Labute approximate surface area is 183 Å². The summed E-state index contributed by atoms with van der Waals surface area (Å²) < 4.78 is 66.7. The van der Waals surface area contributed by atoms with Crippen molar-refractivity contribution in [3.63, 3.8) is 0 Å². The molecule has 1 aliphatic carbocycles. The predicted octanol–water partition coefficient (Wildman–Crippen LogP) is 4.52. The van der Waals surface area contributed by atoms with Crippen molar-refractivity contribution < 1.29 is 21.6 Å². The van der Waals surface area contributed by atoms with Gasteiger partial charge in [0.15, 0.2) is 0 Å². The summed E-state index contributed by atoms with van der Waals surface area (Å²) >= 11 is 0. The minimum atomic E-state index is -4.70. The minimum absolute atomic E-state index is 0.378. The lowest BCUT2D eigenvalue weighted by Crippen LogP contribution is -2.42. The van der Waals surface area contributed by atoms with Crippen LogP contribution in [0.3, 0.4) is 0 Å². The minimum Gasteiger partial charge on any atom is -0.338 e. The van der Waals surface area contributed by atoms with Gasteiger partial charge in [-0.05, 0) is 56.4 Å². The van der Waals surface area contributed by atoms with Crippen LogP contribution in [0, 0.1) is 24.2 Å². The number of sulfonamides is 1. The third kappa shape index (κ3) is 4.23. The van der Waals surface area contributed by atoms with Crippen molar-refractivity contribution in [3.8, 4) is 17.5 Å². The molecule has 0 spiro atoms. The van der Waals surface area contributed by atoms with Crippen LogP contribution in [0.4, 0.5) is 13.2 Å². The summed E-state index contributed by atoms with van der Waals surface area (Å²) in [5.74, 6) is 0.504. The molecule has 1 aliphatic rings. The highest BCUT2D eigenvalue weighted by molar-refractivity contribution is 7.89. The van der Waals surface area contributed by atoms with Crippen LogP contribution < -0.4 is 4.72 Å². The normalized spacial score (nSPS) is 15.6. The first kappa shape index (κ1) is 22.3. The quantitative estimate of drug-likeness (QED) is 0.583. The van der Waals surface area contributed by atoms with Gasteiger partial charge in [0.2, 0.25) is 10.0 Å². The van der Waals surface area contributed by atoms with E-state index >= 15 is 0 Å². The SMILES string of the molecule is Cc1ccc2c(C#N)c(-c3ccc(S(=O)(=O)N[C@@H](C)C(F)(F)F)cn3)n(CC3CC3)c2c1. The van der Waals surface area contributed by atoms with E-state index in [4.69, 9.17) is 0 Å². The van der Waals surface area contributed by atoms with E-state index in [0.29, 0.717) is 29.4 Å². The number of aryl methyl sites for hydroxylation is 1. The molecule has 10 heteroatoms. The molecule has 1 saturated carbocycles. The maximum absolute atomic E-state index is 12.8. The zero-order chi connectivity index (χ0) is 23.3. The van der Waals surface area contributed by atoms with Gasteiger partial charge in [0.25, 0.3) is 0 Å². The number of rotatable bonds is 6. The number of aromatic nitrogens is 2. The zero-order valence-corrected chi connectivity index (χ0v) is 18.3. The molecule has 1 N–H and O–H groups in total. The van der Waals surface area contributed by atoms with E-state index in [9.17, 15) is 26.9 Å². The Kier molecular flexibility index (Phi) is 5.51. The molecule has 0 bridgehead atoms. The summed E-state index contributed by atoms with van der Waals surface area (Å²) in [5, 5.41) is 10.7. The van der Waals surface area contributed by atoms with Crippen molar-refractivity contribution in [2.45, 2.75) is 50.3 Å². The lowest BCUT2D eigenvalue weighted by molar-refractivity contribution is -0.147. The summed E-state index contributed by atoms with van der Waals surface area (Å²) in [6.07, 6.45) is -1.49. The fourth-order valence-electron chi connectivity index (χ4n) is 3.63. The average Bonchev–Trinajstić information content (AvgIpc) is 3.49. The molecule has 0 amide bonds. The van der Waals surface area contributed by atoms with Gasteiger partial charge in [-0.3, -0.25) is 4.98 Å². The number of pyridine rings is 1. The first-order chi connectivity index (χ1) is 15.0. The number of nitrogens with one attached hydrogen (secondary N) is 1. The number of benzene rings is 1. The van der Waals surface area contributed by atoms with Crippen LogP contribution in [0.25, 0.3) is 22.3 Å². The lowest BCUT2D eigenvalue weighted by Gasteiger charge is -2.17. The summed E-state index contributed by atoms with van der Waals surface area (Å²) in [6, 6.07) is 8.45. The van der Waals surface area contributed by atoms with Gasteiger partial charge in [0, 0.05) is 18.1 Å². The maximum atomic E-state index is 12.8. The van der Waals surface area contributed by atoms with E-state index in [-0.39, 0.29) is 4.90 Å². The molecular weight excluding hydrogens is 441 g/mol. The smallest absolute Gasteiger partial charge is 0.338 e. The molecule has 2 aromatic heterocycles. The van der Waals surface area contributed by atoms with Crippen molar-refractivity contribution in [1.29, 1.82) is 5.26 Å². The summed E-state index contributed by atoms with van der Waals surface area (Å²) in [5.41, 5.74) is 3.36. The molecule has 3 aromatic rings. The van der Waals surface area contributed by atoms with Crippen molar-refractivity contribution in [3.05, 3.63) is 47.7 Å². The third-order valence-electron chi connectivity index (χ3n) is 5.58. The van der Waals surface area contributed by atoms with Crippen LogP contribution in [0.5, 0.6) is 0 Å². The van der Waals surface area contributed by atoms with Gasteiger partial charge in [-0.15, -0.1) is 0 Å². The van der Waals surface area contributed by atoms with E-state index in [1.807, 2.05) is 29.7 Å². The van der Waals surface area contributed by atoms with Crippen molar-refractivity contribution in [1.82, 2.24) is 14.3 Å². The number of nitriles is 1. The lowest BCUT2D eigenvalue weighted by atomic mass is 10.1. The Morgan fingerprint density at radius 3 is 2.56 bits per heavy atom. The Balaban J connectivity index is 1.78. The fourth-order valence-corrected chi connectivity index (χ4v) is 4.81. The van der Waals surface area contributed by atoms with E-state index < -0.39 is 22.2 Å². The van der Waals surface area contributed by atoms with Gasteiger partial charge < -0.3 is 4.57 Å². The van der Waals surface area contributed by atoms with Gasteiger partial charge in [-0.1, -0.05) is 12.1 Å². The van der Waals surface area contributed by atoms with Crippen LogP contribution >= 0.6 is 0 Å². The maximum Gasteiger partial charge on any atom is 0.404 e. The van der Waals surface area contributed by atoms with Gasteiger partial charge >= 0.3 is 6.18 Å². The Bertz CT molecular complexity index is 1320. The number of hydrogen-bond acceptors (Lipinski definition) is 4. The summed E-state index contributed by atoms with van der Waals surface area (Å²) in [4.78, 5) is 3.85. The van der Waals surface area contributed by atoms with Gasteiger partial charge in [-0.25, -0.2) is 8.42 Å². The second-order valence-corrected chi connectivity index (χ2v) is 9.89. The van der Waals surface area contributed by atoms with Gasteiger partial charge in [-0.2, -0.15) is 23.2 Å². The van der Waals surface area contributed by atoms with Crippen molar-refractivity contribution in [2.24, 2.45) is 5.92 Å². The number of nitrogens with zero attached hydrogens (tertiary/aromatic N) is 3. The van der Waals surface area contributed by atoms with E-state index in [2.05, 4.69) is 11.1 Å². The van der Waals surface area contributed by atoms with Crippen molar-refractivity contribution in [2.75, 3.05) is 0 Å². The number of fused-ring (bicyclic) bond motifs is 1. The molecule has 4 rings (SSSR count). The highest BCUT2D eigenvalue weighted by Gasteiger charge is 2.39. The van der Waals surface area contributed by atoms with E-state index in [0.717, 1.165) is 42.4 Å². The van der Waals surface area contributed by atoms with Gasteiger partial charge in [0.05, 0.1) is 22.5 Å². The van der Waals surface area contributed by atoms with Crippen LogP contribution in [0.15, 0.2) is 41.4 Å². The van der Waals surface area contributed by atoms with Crippen LogP contribution in [-0.2, 0) is 16.6 Å². The van der Waals surface area contributed by atoms with Crippen LogP contribution in [0.2, 0.25) is 0 Å². The topological polar surface area (TPSA) is 87.8 Å². The standard InChI is InChI=1S/C22H21F3N4O2S/c1-13-3-7-17-18(10-26)21(29(20(17)9-13)12-15-4-5-15)19-8-6-16(11-27-19)32(30,31)28-14(2)22(23,24)25/h3,6-9,11,14-15,28H,4-5,12H2,1-2H3/t14-/m0/s1. The average molecular weight is 462 g/mol. The monoisotopic (exact) mass is 462 g/mol. The molecule has 0 aliphatic heterocycles. The first-order valence-corrected chi connectivity index (χ1v) is 11.6. The summed E-state index contributed by atoms with van der Waals surface area (Å²) in [7, 11) is -4.41. The molecule has 1 atom stereocenters. The van der Waals surface area contributed by atoms with E-state index in [1.165, 1.54) is 12.1 Å². The largest absolute Gasteiger partial charge is 0.404 e. The summed E-state index contributed by atoms with van der Waals surface area (Å²) in [6.45, 7) is 3.41. The highest BCUT2D eigenvalue weighted by atomic mass is 32.2. The predicted molar refractivity (Wildman–Crippen MR) is 113 cm³/mol. The molecule has 6 nitrogen and oxygen atoms in total. The second kappa shape index (κ2) is 7.90. The van der Waals surface area contributed by atoms with Crippen LogP contribution in [-0.4, -0.2) is 30.2 Å². The molecule has 2 heterocycles. The number of hydrogen-bond donors (Lipinski definition) is 1. The highest BCUT2D eigenvalue weighted by Crippen LogP contribution is 2.38. The number of halogens is 3. The van der Waals surface area contributed by atoms with Crippen molar-refractivity contribution >= 4 is 20.9 Å². The molecule has 1 fully saturated rings. The Morgan fingerprint density at radius 2 is 2.00 bits per heavy atom. The number of alkyl halides is 3. The fraction of sp³-hybridized carbons (Fsp3) is 0.364. The molecule has 0 radical (unpaired) electrons. The molecule has 1 aromatic carbocycles.